The Bertz CT molecular complexity index is 1360. The van der Waals surface area contributed by atoms with Crippen molar-refractivity contribution in [2.45, 2.75) is 31.8 Å². The fourth-order valence-corrected chi connectivity index (χ4v) is 5.85. The minimum absolute atomic E-state index is 0.00124. The van der Waals surface area contributed by atoms with Gasteiger partial charge in [-0.1, -0.05) is 6.07 Å². The minimum Gasteiger partial charge on any atom is -0.442 e. The van der Waals surface area contributed by atoms with Gasteiger partial charge in [0, 0.05) is 19.3 Å². The molecule has 39 heavy (non-hydrogen) atoms. The zero-order valence-corrected chi connectivity index (χ0v) is 21.8. The molecule has 4 rings (SSSR count). The zero-order chi connectivity index (χ0) is 28.2. The van der Waals surface area contributed by atoms with E-state index in [1.54, 1.807) is 6.07 Å². The van der Waals surface area contributed by atoms with Crippen molar-refractivity contribution in [3.63, 3.8) is 0 Å². The normalized spacial score (nSPS) is 18.8. The maximum absolute atomic E-state index is 14.9. The molecular formula is C25H26FN3O9S. The Morgan fingerprint density at radius 2 is 1.82 bits per heavy atom. The summed E-state index contributed by atoms with van der Waals surface area (Å²) in [4.78, 5) is 54.6. The molecule has 2 aromatic rings. The second-order valence-electron chi connectivity index (χ2n) is 9.07. The Morgan fingerprint density at radius 3 is 2.46 bits per heavy atom. The van der Waals surface area contributed by atoms with E-state index in [9.17, 15) is 32.0 Å². The molecule has 3 amide bonds. The Balaban J connectivity index is 1.33. The third-order valence-corrected chi connectivity index (χ3v) is 8.15. The lowest BCUT2D eigenvalue weighted by Crippen LogP contribution is -2.42. The molecule has 1 aromatic heterocycles. The largest absolute Gasteiger partial charge is 0.442 e. The summed E-state index contributed by atoms with van der Waals surface area (Å²) in [5.41, 5.74) is 0.790. The molecule has 0 unspecified atom stereocenters. The summed E-state index contributed by atoms with van der Waals surface area (Å²) in [5.74, 6) is -2.25. The van der Waals surface area contributed by atoms with Crippen molar-refractivity contribution in [2.24, 2.45) is 0 Å². The number of nitrogens with zero attached hydrogens (tertiary/aromatic N) is 3. The van der Waals surface area contributed by atoms with Crippen LogP contribution in [0.15, 0.2) is 42.7 Å². The van der Waals surface area contributed by atoms with E-state index < -0.39 is 52.6 Å². The number of cyclic esters (lactones) is 1. The highest BCUT2D eigenvalue weighted by molar-refractivity contribution is 7.91. The Labute approximate surface area is 223 Å². The van der Waals surface area contributed by atoms with Gasteiger partial charge in [0.1, 0.15) is 21.8 Å². The lowest BCUT2D eigenvalue weighted by atomic mass is 9.93. The average Bonchev–Trinajstić information content (AvgIpc) is 3.27. The SMILES string of the molecule is CC(=O)N(C[C@H]1CN(c2ccc(C3CCS(=O)(=O)CC3)c(F)c2)C(=O)O1)C(=O)OCOC(=O)c1ccncc1. The van der Waals surface area contributed by atoms with Gasteiger partial charge in [0.05, 0.1) is 35.8 Å². The van der Waals surface area contributed by atoms with Crippen molar-refractivity contribution in [1.29, 1.82) is 0 Å². The smallest absolute Gasteiger partial charge is 0.419 e. The number of halogens is 1. The first-order chi connectivity index (χ1) is 18.5. The fraction of sp³-hybridized carbons (Fsp3) is 0.400. The van der Waals surface area contributed by atoms with Crippen LogP contribution in [0.3, 0.4) is 0 Å². The van der Waals surface area contributed by atoms with Crippen molar-refractivity contribution in [1.82, 2.24) is 9.88 Å². The maximum Gasteiger partial charge on any atom is 0.419 e. The predicted octanol–water partition coefficient (Wildman–Crippen LogP) is 2.64. The minimum atomic E-state index is -3.09. The van der Waals surface area contributed by atoms with Gasteiger partial charge >= 0.3 is 18.2 Å². The van der Waals surface area contributed by atoms with Gasteiger partial charge in [-0.3, -0.25) is 14.7 Å². The van der Waals surface area contributed by atoms with E-state index in [0.717, 1.165) is 6.92 Å². The van der Waals surface area contributed by atoms with Crippen LogP contribution in [0.4, 0.5) is 19.7 Å². The van der Waals surface area contributed by atoms with Crippen LogP contribution in [-0.2, 0) is 28.8 Å². The molecule has 0 aliphatic carbocycles. The van der Waals surface area contributed by atoms with Gasteiger partial charge in [0.15, 0.2) is 0 Å². The number of carbonyl (C=O) groups is 4. The number of rotatable bonds is 7. The van der Waals surface area contributed by atoms with Crippen molar-refractivity contribution < 1.29 is 46.2 Å². The van der Waals surface area contributed by atoms with Gasteiger partial charge < -0.3 is 14.2 Å². The molecule has 0 radical (unpaired) electrons. The van der Waals surface area contributed by atoms with E-state index in [-0.39, 0.29) is 41.8 Å². The van der Waals surface area contributed by atoms with Crippen LogP contribution in [0.25, 0.3) is 0 Å². The van der Waals surface area contributed by atoms with Crippen LogP contribution in [0, 0.1) is 5.82 Å². The number of esters is 1. The predicted molar refractivity (Wildman–Crippen MR) is 133 cm³/mol. The van der Waals surface area contributed by atoms with Crippen LogP contribution in [0.1, 0.15) is 41.6 Å². The van der Waals surface area contributed by atoms with E-state index in [0.29, 0.717) is 23.3 Å². The van der Waals surface area contributed by atoms with Crippen molar-refractivity contribution in [2.75, 3.05) is 36.3 Å². The number of benzene rings is 1. The molecular weight excluding hydrogens is 537 g/mol. The number of aromatic nitrogens is 1. The molecule has 1 atom stereocenters. The number of imide groups is 1. The summed E-state index contributed by atoms with van der Waals surface area (Å²) in [6.07, 6.45) is 0.599. The number of amides is 3. The second kappa shape index (κ2) is 11.8. The highest BCUT2D eigenvalue weighted by Gasteiger charge is 2.36. The van der Waals surface area contributed by atoms with E-state index in [1.807, 2.05) is 0 Å². The molecule has 14 heteroatoms. The summed E-state index contributed by atoms with van der Waals surface area (Å²) in [7, 11) is -3.09. The first-order valence-corrected chi connectivity index (χ1v) is 13.9. The van der Waals surface area contributed by atoms with Crippen molar-refractivity contribution in [3.05, 3.63) is 59.7 Å². The number of sulfone groups is 1. The van der Waals surface area contributed by atoms with E-state index in [4.69, 9.17) is 14.2 Å². The van der Waals surface area contributed by atoms with Gasteiger partial charge in [0.2, 0.25) is 12.7 Å². The lowest BCUT2D eigenvalue weighted by Gasteiger charge is -2.23. The summed E-state index contributed by atoms with van der Waals surface area (Å²) in [6, 6.07) is 7.07. The van der Waals surface area contributed by atoms with E-state index >= 15 is 0 Å². The standard InChI is InChI=1S/C25H26FN3O9S/c1-16(30)28(24(32)37-15-36-23(31)18-4-8-27-9-5-18)13-20-14-29(25(33)38-20)19-2-3-21(22(26)12-19)17-6-10-39(34,35)11-7-17/h2-5,8-9,12,17,20H,6-7,10-11,13-15H2,1H3/t20-/m0/s1. The number of anilines is 1. The highest BCUT2D eigenvalue weighted by atomic mass is 32.2. The highest BCUT2D eigenvalue weighted by Crippen LogP contribution is 2.33. The molecule has 2 saturated heterocycles. The third kappa shape index (κ3) is 6.88. The van der Waals surface area contributed by atoms with Crippen LogP contribution >= 0.6 is 0 Å². The molecule has 208 valence electrons. The molecule has 1 aromatic carbocycles. The van der Waals surface area contributed by atoms with Crippen molar-refractivity contribution >= 4 is 39.6 Å². The monoisotopic (exact) mass is 563 g/mol. The lowest BCUT2D eigenvalue weighted by molar-refractivity contribution is -0.128. The molecule has 0 saturated carbocycles. The maximum atomic E-state index is 14.9. The molecule has 2 aliphatic rings. The number of pyridine rings is 1. The molecule has 0 spiro atoms. The molecule has 0 bridgehead atoms. The number of carbonyl (C=O) groups excluding carboxylic acids is 4. The zero-order valence-electron chi connectivity index (χ0n) is 20.9. The third-order valence-electron chi connectivity index (χ3n) is 6.44. The van der Waals surface area contributed by atoms with Gasteiger partial charge in [-0.25, -0.2) is 32.1 Å². The van der Waals surface area contributed by atoms with Crippen LogP contribution < -0.4 is 4.90 Å². The summed E-state index contributed by atoms with van der Waals surface area (Å²) in [6.45, 7) is -0.0541. The average molecular weight is 564 g/mol. The topological polar surface area (TPSA) is 149 Å². The summed E-state index contributed by atoms with van der Waals surface area (Å²) >= 11 is 0. The number of hydrogen-bond donors (Lipinski definition) is 0. The Kier molecular flexibility index (Phi) is 8.43. The molecule has 2 aliphatic heterocycles. The molecule has 0 N–H and O–H groups in total. The first-order valence-electron chi connectivity index (χ1n) is 12.0. The van der Waals surface area contributed by atoms with E-state index in [1.165, 1.54) is 41.6 Å². The van der Waals surface area contributed by atoms with Crippen LogP contribution in [0.2, 0.25) is 0 Å². The molecule has 3 heterocycles. The van der Waals surface area contributed by atoms with Crippen molar-refractivity contribution in [3.8, 4) is 0 Å². The number of ether oxygens (including phenoxy) is 3. The Morgan fingerprint density at radius 1 is 1.13 bits per heavy atom. The van der Waals surface area contributed by atoms with Crippen LogP contribution in [0.5, 0.6) is 0 Å². The number of hydrogen-bond acceptors (Lipinski definition) is 10. The summed E-state index contributed by atoms with van der Waals surface area (Å²) in [5, 5.41) is 0. The fourth-order valence-electron chi connectivity index (χ4n) is 4.36. The summed E-state index contributed by atoms with van der Waals surface area (Å²) < 4.78 is 53.3. The van der Waals surface area contributed by atoms with Crippen LogP contribution in [-0.4, -0.2) is 79.9 Å². The Hall–Kier alpha value is -4.07. The van der Waals surface area contributed by atoms with Gasteiger partial charge in [0.25, 0.3) is 0 Å². The van der Waals surface area contributed by atoms with E-state index in [2.05, 4.69) is 4.98 Å². The quantitative estimate of drug-likeness (QED) is 0.363. The molecule has 2 fully saturated rings. The second-order valence-corrected chi connectivity index (χ2v) is 11.4. The van der Waals surface area contributed by atoms with Gasteiger partial charge in [-0.2, -0.15) is 0 Å². The first kappa shape index (κ1) is 28.0. The van der Waals surface area contributed by atoms with Gasteiger partial charge in [-0.15, -0.1) is 0 Å². The molecule has 12 nitrogen and oxygen atoms in total. The van der Waals surface area contributed by atoms with Gasteiger partial charge in [-0.05, 0) is 48.6 Å².